The Kier molecular flexibility index (Phi) is 5.54. The topological polar surface area (TPSA) is 77.7 Å². The van der Waals surface area contributed by atoms with Crippen LogP contribution in [0.2, 0.25) is 0 Å². The fraction of sp³-hybridized carbons (Fsp3) is 0.320. The number of carbonyl (C=O) groups excluding carboxylic acids is 1. The molecule has 4 aromatic rings. The van der Waals surface area contributed by atoms with Crippen LogP contribution in [0, 0.1) is 13.8 Å². The van der Waals surface area contributed by atoms with Gasteiger partial charge in [0.15, 0.2) is 11.6 Å². The van der Waals surface area contributed by atoms with E-state index in [0.29, 0.717) is 23.0 Å². The standard InChI is InChI=1S/C25H25N3O4S/c1-14-21-15(2)26-23(19-8-6-12-32-19)27-24(21)33-22(14)25(29)28-11-5-7-18(28)17-10-9-16(30-3)13-20(17)31-4/h6,8-10,12-13,18H,5,7,11H2,1-4H3. The Labute approximate surface area is 196 Å². The maximum Gasteiger partial charge on any atom is 0.264 e. The summed E-state index contributed by atoms with van der Waals surface area (Å²) in [5.41, 5.74) is 2.77. The first-order valence-electron chi connectivity index (χ1n) is 10.9. The number of rotatable bonds is 5. The molecule has 0 saturated carbocycles. The van der Waals surface area contributed by atoms with Gasteiger partial charge in [-0.05, 0) is 56.5 Å². The summed E-state index contributed by atoms with van der Waals surface area (Å²) in [7, 11) is 3.28. The highest BCUT2D eigenvalue weighted by Crippen LogP contribution is 2.41. The molecule has 0 aliphatic carbocycles. The molecule has 1 aromatic carbocycles. The second-order valence-electron chi connectivity index (χ2n) is 8.11. The number of methoxy groups -OCH3 is 2. The van der Waals surface area contributed by atoms with Crippen molar-refractivity contribution in [2.24, 2.45) is 0 Å². The largest absolute Gasteiger partial charge is 0.497 e. The van der Waals surface area contributed by atoms with Gasteiger partial charge in [0.05, 0.1) is 37.1 Å². The van der Waals surface area contributed by atoms with Crippen molar-refractivity contribution in [3.8, 4) is 23.1 Å². The Balaban J connectivity index is 1.53. The van der Waals surface area contributed by atoms with E-state index in [1.807, 2.05) is 49.1 Å². The molecule has 0 spiro atoms. The van der Waals surface area contributed by atoms with Gasteiger partial charge in [0, 0.05) is 23.6 Å². The van der Waals surface area contributed by atoms with Gasteiger partial charge in [0.1, 0.15) is 16.3 Å². The Morgan fingerprint density at radius 1 is 1.18 bits per heavy atom. The quantitative estimate of drug-likeness (QED) is 0.385. The molecule has 0 N–H and O–H groups in total. The van der Waals surface area contributed by atoms with Crippen LogP contribution in [0.3, 0.4) is 0 Å². The number of hydrogen-bond acceptors (Lipinski definition) is 7. The van der Waals surface area contributed by atoms with Gasteiger partial charge in [0.2, 0.25) is 0 Å². The van der Waals surface area contributed by atoms with Crippen molar-refractivity contribution in [2.75, 3.05) is 20.8 Å². The lowest BCUT2D eigenvalue weighted by atomic mass is 10.0. The number of aromatic nitrogens is 2. The molecule has 1 atom stereocenters. The first kappa shape index (κ1) is 21.5. The molecule has 1 saturated heterocycles. The Bertz CT molecular complexity index is 1330. The zero-order chi connectivity index (χ0) is 23.1. The first-order valence-corrected chi connectivity index (χ1v) is 11.7. The van der Waals surface area contributed by atoms with Crippen LogP contribution in [0.4, 0.5) is 0 Å². The van der Waals surface area contributed by atoms with Crippen LogP contribution in [0.1, 0.15) is 45.4 Å². The van der Waals surface area contributed by atoms with Crippen LogP contribution in [0.25, 0.3) is 21.8 Å². The predicted molar refractivity (Wildman–Crippen MR) is 127 cm³/mol. The van der Waals surface area contributed by atoms with Crippen LogP contribution in [0.5, 0.6) is 11.5 Å². The van der Waals surface area contributed by atoms with E-state index in [1.54, 1.807) is 20.5 Å². The number of likely N-dealkylation sites (tertiary alicyclic amines) is 1. The lowest BCUT2D eigenvalue weighted by Gasteiger charge is -2.26. The smallest absolute Gasteiger partial charge is 0.264 e. The van der Waals surface area contributed by atoms with Crippen molar-refractivity contribution in [3.05, 3.63) is 58.3 Å². The highest BCUT2D eigenvalue weighted by molar-refractivity contribution is 7.20. The molecule has 0 radical (unpaired) electrons. The molecule has 4 heterocycles. The molecular formula is C25H25N3O4S. The van der Waals surface area contributed by atoms with Gasteiger partial charge < -0.3 is 18.8 Å². The molecule has 170 valence electrons. The molecule has 1 amide bonds. The van der Waals surface area contributed by atoms with Gasteiger partial charge >= 0.3 is 0 Å². The van der Waals surface area contributed by atoms with Gasteiger partial charge in [0.25, 0.3) is 5.91 Å². The third-order valence-corrected chi connectivity index (χ3v) is 7.39. The second kappa shape index (κ2) is 8.51. The highest BCUT2D eigenvalue weighted by Gasteiger charge is 2.34. The molecule has 1 aliphatic rings. The van der Waals surface area contributed by atoms with E-state index in [1.165, 1.54) is 11.3 Å². The van der Waals surface area contributed by atoms with E-state index in [9.17, 15) is 4.79 Å². The Morgan fingerprint density at radius 3 is 2.76 bits per heavy atom. The first-order chi connectivity index (χ1) is 16.0. The van der Waals surface area contributed by atoms with Gasteiger partial charge in [-0.1, -0.05) is 0 Å². The van der Waals surface area contributed by atoms with E-state index in [4.69, 9.17) is 18.9 Å². The summed E-state index contributed by atoms with van der Waals surface area (Å²) in [6.07, 6.45) is 3.44. The third-order valence-electron chi connectivity index (χ3n) is 6.22. The number of ether oxygens (including phenoxy) is 2. The average Bonchev–Trinajstić information content (AvgIpc) is 3.58. The summed E-state index contributed by atoms with van der Waals surface area (Å²) in [5.74, 6) is 2.64. The summed E-state index contributed by atoms with van der Waals surface area (Å²) < 4.78 is 16.4. The normalized spacial score (nSPS) is 15.9. The number of benzene rings is 1. The zero-order valence-corrected chi connectivity index (χ0v) is 19.9. The van der Waals surface area contributed by atoms with Crippen LogP contribution < -0.4 is 9.47 Å². The molecule has 1 unspecified atom stereocenters. The summed E-state index contributed by atoms with van der Waals surface area (Å²) >= 11 is 1.42. The Morgan fingerprint density at radius 2 is 2.03 bits per heavy atom. The predicted octanol–water partition coefficient (Wildman–Crippen LogP) is 5.56. The van der Waals surface area contributed by atoms with Gasteiger partial charge in [-0.25, -0.2) is 9.97 Å². The zero-order valence-electron chi connectivity index (χ0n) is 19.0. The molecule has 33 heavy (non-hydrogen) atoms. The third kappa shape index (κ3) is 3.64. The lowest BCUT2D eigenvalue weighted by Crippen LogP contribution is -2.30. The van der Waals surface area contributed by atoms with Gasteiger partial charge in [-0.2, -0.15) is 0 Å². The van der Waals surface area contributed by atoms with Crippen molar-refractivity contribution in [2.45, 2.75) is 32.7 Å². The highest BCUT2D eigenvalue weighted by atomic mass is 32.1. The molecule has 1 fully saturated rings. The van der Waals surface area contributed by atoms with E-state index in [-0.39, 0.29) is 11.9 Å². The number of fused-ring (bicyclic) bond motifs is 1. The average molecular weight is 464 g/mol. The maximum absolute atomic E-state index is 13.8. The second-order valence-corrected chi connectivity index (χ2v) is 9.11. The van der Waals surface area contributed by atoms with Crippen molar-refractivity contribution in [1.82, 2.24) is 14.9 Å². The fourth-order valence-corrected chi connectivity index (χ4v) is 5.80. The molecule has 1 aliphatic heterocycles. The molecule has 8 heteroatoms. The minimum absolute atomic E-state index is 0.0230. The van der Waals surface area contributed by atoms with Crippen LogP contribution >= 0.6 is 11.3 Å². The summed E-state index contributed by atoms with van der Waals surface area (Å²) in [5, 5.41) is 0.941. The SMILES string of the molecule is COc1ccc(C2CCCN2C(=O)c2sc3nc(-c4ccco4)nc(C)c3c2C)c(OC)c1. The van der Waals surface area contributed by atoms with Crippen molar-refractivity contribution in [1.29, 1.82) is 0 Å². The number of thiophene rings is 1. The molecule has 7 nitrogen and oxygen atoms in total. The number of carbonyl (C=O) groups is 1. The van der Waals surface area contributed by atoms with E-state index in [2.05, 4.69) is 4.98 Å². The van der Waals surface area contributed by atoms with Crippen LogP contribution in [0.15, 0.2) is 41.0 Å². The number of hydrogen-bond donors (Lipinski definition) is 0. The molecule has 0 bridgehead atoms. The number of furan rings is 1. The summed E-state index contributed by atoms with van der Waals surface area (Å²) in [4.78, 5) is 26.6. The van der Waals surface area contributed by atoms with Crippen LogP contribution in [-0.4, -0.2) is 41.5 Å². The number of aryl methyl sites for hydroxylation is 2. The minimum atomic E-state index is -0.0474. The van der Waals surface area contributed by atoms with Gasteiger partial charge in [-0.15, -0.1) is 11.3 Å². The van der Waals surface area contributed by atoms with Gasteiger partial charge in [-0.3, -0.25) is 4.79 Å². The molecule has 3 aromatic heterocycles. The van der Waals surface area contributed by atoms with E-state index in [0.717, 1.165) is 51.4 Å². The minimum Gasteiger partial charge on any atom is -0.497 e. The molecule has 5 rings (SSSR count). The van der Waals surface area contributed by atoms with Crippen molar-refractivity contribution in [3.63, 3.8) is 0 Å². The maximum atomic E-state index is 13.8. The summed E-state index contributed by atoms with van der Waals surface area (Å²) in [6, 6.07) is 9.39. The van der Waals surface area contributed by atoms with E-state index < -0.39 is 0 Å². The monoisotopic (exact) mass is 463 g/mol. The lowest BCUT2D eigenvalue weighted by molar-refractivity contribution is 0.0738. The Hall–Kier alpha value is -3.39. The molecular weight excluding hydrogens is 438 g/mol. The van der Waals surface area contributed by atoms with Crippen LogP contribution in [-0.2, 0) is 0 Å². The fourth-order valence-electron chi connectivity index (χ4n) is 4.62. The number of nitrogens with zero attached hydrogens (tertiary/aromatic N) is 3. The number of amides is 1. The summed E-state index contributed by atoms with van der Waals surface area (Å²) in [6.45, 7) is 4.63. The van der Waals surface area contributed by atoms with Crippen molar-refractivity contribution < 1.29 is 18.7 Å². The van der Waals surface area contributed by atoms with E-state index >= 15 is 0 Å². The van der Waals surface area contributed by atoms with Crippen molar-refractivity contribution >= 4 is 27.5 Å².